The molecule has 1 fully saturated rings. The lowest BCUT2D eigenvalue weighted by atomic mass is 10.00. The molecule has 0 radical (unpaired) electrons. The van der Waals surface area contributed by atoms with Crippen molar-refractivity contribution in [2.24, 2.45) is 11.8 Å². The third-order valence-electron chi connectivity index (χ3n) is 4.94. The molecule has 1 aliphatic rings. The molecule has 0 aliphatic carbocycles. The number of hydrogen-bond donors (Lipinski definition) is 1. The zero-order chi connectivity index (χ0) is 17.8. The number of pyridine rings is 1. The van der Waals surface area contributed by atoms with Crippen molar-refractivity contribution in [3.05, 3.63) is 35.9 Å². The van der Waals surface area contributed by atoms with Gasteiger partial charge >= 0.3 is 0 Å². The highest BCUT2D eigenvalue weighted by atomic mass is 16.1. The summed E-state index contributed by atoms with van der Waals surface area (Å²) in [6.45, 7) is 9.37. The molecule has 1 aliphatic heterocycles. The van der Waals surface area contributed by atoms with E-state index in [1.54, 1.807) is 0 Å². The van der Waals surface area contributed by atoms with E-state index in [1.165, 1.54) is 12.8 Å². The van der Waals surface area contributed by atoms with Crippen LogP contribution in [0.4, 0.5) is 5.82 Å². The van der Waals surface area contributed by atoms with Crippen LogP contribution in [0.5, 0.6) is 0 Å². The lowest BCUT2D eigenvalue weighted by Gasteiger charge is -2.32. The number of benzene rings is 1. The van der Waals surface area contributed by atoms with E-state index in [1.807, 2.05) is 30.3 Å². The van der Waals surface area contributed by atoms with Gasteiger partial charge in [0.15, 0.2) is 0 Å². The van der Waals surface area contributed by atoms with Gasteiger partial charge in [0.25, 0.3) is 5.91 Å². The van der Waals surface area contributed by atoms with Crippen molar-refractivity contribution >= 4 is 22.6 Å². The van der Waals surface area contributed by atoms with E-state index in [9.17, 15) is 4.79 Å². The Balaban J connectivity index is 1.91. The maximum Gasteiger partial charge on any atom is 0.252 e. The number of anilines is 1. The molecular formula is C21H29N3O. The summed E-state index contributed by atoms with van der Waals surface area (Å²) >= 11 is 0. The Morgan fingerprint density at radius 3 is 2.92 bits per heavy atom. The van der Waals surface area contributed by atoms with Crippen LogP contribution in [0.3, 0.4) is 0 Å². The Morgan fingerprint density at radius 2 is 2.16 bits per heavy atom. The summed E-state index contributed by atoms with van der Waals surface area (Å²) in [6.07, 6.45) is 3.45. The second-order valence-corrected chi connectivity index (χ2v) is 7.68. The van der Waals surface area contributed by atoms with Crippen molar-refractivity contribution in [1.82, 2.24) is 10.3 Å². The van der Waals surface area contributed by atoms with Crippen LogP contribution in [0.25, 0.3) is 10.9 Å². The Hall–Kier alpha value is -2.10. The van der Waals surface area contributed by atoms with Gasteiger partial charge in [-0.3, -0.25) is 4.79 Å². The van der Waals surface area contributed by atoms with Gasteiger partial charge < -0.3 is 10.2 Å². The summed E-state index contributed by atoms with van der Waals surface area (Å²) in [5.74, 6) is 2.19. The van der Waals surface area contributed by atoms with Crippen LogP contribution in [0, 0.1) is 11.8 Å². The smallest absolute Gasteiger partial charge is 0.252 e. The minimum atomic E-state index is 0.00515. The van der Waals surface area contributed by atoms with Gasteiger partial charge in [0.05, 0.1) is 11.1 Å². The Kier molecular flexibility index (Phi) is 5.57. The fraction of sp³-hybridized carbons (Fsp3) is 0.524. The third kappa shape index (κ3) is 4.30. The third-order valence-corrected chi connectivity index (χ3v) is 4.94. The normalized spacial score (nSPS) is 17.9. The number of amides is 1. The molecule has 1 saturated heterocycles. The number of carbonyl (C=O) groups is 1. The number of aromatic nitrogens is 1. The van der Waals surface area contributed by atoms with Gasteiger partial charge in [-0.05, 0) is 43.2 Å². The molecule has 4 nitrogen and oxygen atoms in total. The van der Waals surface area contributed by atoms with Crippen molar-refractivity contribution in [3.8, 4) is 0 Å². The zero-order valence-corrected chi connectivity index (χ0v) is 15.6. The van der Waals surface area contributed by atoms with Crippen molar-refractivity contribution in [2.45, 2.75) is 40.0 Å². The molecular weight excluding hydrogens is 310 g/mol. The molecule has 2 heterocycles. The predicted molar refractivity (Wildman–Crippen MR) is 104 cm³/mol. The van der Waals surface area contributed by atoms with Crippen LogP contribution < -0.4 is 10.2 Å². The molecule has 1 aromatic carbocycles. The lowest BCUT2D eigenvalue weighted by molar-refractivity contribution is 0.0953. The van der Waals surface area contributed by atoms with E-state index >= 15 is 0 Å². The van der Waals surface area contributed by atoms with E-state index in [0.717, 1.165) is 41.8 Å². The molecule has 134 valence electrons. The number of piperidine rings is 1. The number of hydrogen-bond acceptors (Lipinski definition) is 3. The van der Waals surface area contributed by atoms with Gasteiger partial charge in [0, 0.05) is 25.0 Å². The molecule has 3 rings (SSSR count). The SMILES string of the molecule is CC(C)CCNC(=O)c1cc(N2CCC[C@H](C)C2)nc2ccccc12. The van der Waals surface area contributed by atoms with Crippen LogP contribution >= 0.6 is 0 Å². The Bertz CT molecular complexity index is 741. The molecule has 4 heteroatoms. The van der Waals surface area contributed by atoms with Crippen LogP contribution in [-0.4, -0.2) is 30.5 Å². The number of nitrogens with one attached hydrogen (secondary N) is 1. The standard InChI is InChI=1S/C21H29N3O/c1-15(2)10-11-22-21(25)18-13-20(24-12-6-7-16(3)14-24)23-19-9-5-4-8-17(18)19/h4-5,8-9,13,15-16H,6-7,10-12,14H2,1-3H3,(H,22,25)/t16-/m0/s1. The second kappa shape index (κ2) is 7.85. The lowest BCUT2D eigenvalue weighted by Crippen LogP contribution is -2.35. The minimum Gasteiger partial charge on any atom is -0.356 e. The highest BCUT2D eigenvalue weighted by molar-refractivity contribution is 6.07. The summed E-state index contributed by atoms with van der Waals surface area (Å²) in [5, 5.41) is 4.01. The summed E-state index contributed by atoms with van der Waals surface area (Å²) in [7, 11) is 0. The molecule has 0 bridgehead atoms. The first-order valence-electron chi connectivity index (χ1n) is 9.47. The van der Waals surface area contributed by atoms with Crippen LogP contribution in [0.2, 0.25) is 0 Å². The number of rotatable bonds is 5. The van der Waals surface area contributed by atoms with E-state index in [0.29, 0.717) is 18.4 Å². The molecule has 1 aromatic heterocycles. The van der Waals surface area contributed by atoms with E-state index in [4.69, 9.17) is 4.98 Å². The highest BCUT2D eigenvalue weighted by Gasteiger charge is 2.20. The van der Waals surface area contributed by atoms with Gasteiger partial charge in [-0.15, -0.1) is 0 Å². The van der Waals surface area contributed by atoms with Crippen molar-refractivity contribution in [3.63, 3.8) is 0 Å². The van der Waals surface area contributed by atoms with Gasteiger partial charge in [-0.25, -0.2) is 4.98 Å². The zero-order valence-electron chi connectivity index (χ0n) is 15.6. The number of fused-ring (bicyclic) bond motifs is 1. The molecule has 0 saturated carbocycles. The first kappa shape index (κ1) is 17.7. The first-order valence-corrected chi connectivity index (χ1v) is 9.47. The molecule has 1 amide bonds. The average molecular weight is 339 g/mol. The van der Waals surface area contributed by atoms with Crippen LogP contribution in [-0.2, 0) is 0 Å². The molecule has 1 N–H and O–H groups in total. The van der Waals surface area contributed by atoms with Crippen molar-refractivity contribution in [2.75, 3.05) is 24.5 Å². The largest absolute Gasteiger partial charge is 0.356 e. The fourth-order valence-electron chi connectivity index (χ4n) is 3.48. The highest BCUT2D eigenvalue weighted by Crippen LogP contribution is 2.26. The molecule has 0 spiro atoms. The van der Waals surface area contributed by atoms with Gasteiger partial charge in [0.1, 0.15) is 5.82 Å². The molecule has 1 atom stereocenters. The number of para-hydroxylation sites is 1. The van der Waals surface area contributed by atoms with Crippen LogP contribution in [0.1, 0.15) is 50.4 Å². The van der Waals surface area contributed by atoms with Gasteiger partial charge in [-0.1, -0.05) is 39.0 Å². The van der Waals surface area contributed by atoms with Crippen LogP contribution in [0.15, 0.2) is 30.3 Å². The van der Waals surface area contributed by atoms with Gasteiger partial charge in [-0.2, -0.15) is 0 Å². The van der Waals surface area contributed by atoms with E-state index in [2.05, 4.69) is 31.0 Å². The molecule has 25 heavy (non-hydrogen) atoms. The molecule has 2 aromatic rings. The van der Waals surface area contributed by atoms with E-state index in [-0.39, 0.29) is 5.91 Å². The predicted octanol–water partition coefficient (Wildman–Crippen LogP) is 4.25. The summed E-state index contributed by atoms with van der Waals surface area (Å²) < 4.78 is 0. The summed E-state index contributed by atoms with van der Waals surface area (Å²) in [4.78, 5) is 19.9. The second-order valence-electron chi connectivity index (χ2n) is 7.68. The maximum atomic E-state index is 12.8. The maximum absolute atomic E-state index is 12.8. The minimum absolute atomic E-state index is 0.00515. The summed E-state index contributed by atoms with van der Waals surface area (Å²) in [6, 6.07) is 9.92. The fourth-order valence-corrected chi connectivity index (χ4v) is 3.48. The quantitative estimate of drug-likeness (QED) is 0.886. The first-order chi connectivity index (χ1) is 12.0. The average Bonchev–Trinajstić information content (AvgIpc) is 2.60. The molecule has 0 unspecified atom stereocenters. The number of carbonyl (C=O) groups excluding carboxylic acids is 1. The van der Waals surface area contributed by atoms with Crippen molar-refractivity contribution < 1.29 is 4.79 Å². The topological polar surface area (TPSA) is 45.2 Å². The van der Waals surface area contributed by atoms with Crippen molar-refractivity contribution in [1.29, 1.82) is 0 Å². The Morgan fingerprint density at radius 1 is 1.36 bits per heavy atom. The van der Waals surface area contributed by atoms with Gasteiger partial charge in [0.2, 0.25) is 0 Å². The Labute approximate surface area is 150 Å². The number of nitrogens with zero attached hydrogens (tertiary/aromatic N) is 2. The summed E-state index contributed by atoms with van der Waals surface area (Å²) in [5.41, 5.74) is 1.63. The monoisotopic (exact) mass is 339 g/mol. The van der Waals surface area contributed by atoms with E-state index < -0.39 is 0 Å².